The second-order valence-electron chi connectivity index (χ2n) is 6.61. The number of rotatable bonds is 8. The van der Waals surface area contributed by atoms with Crippen LogP contribution in [0, 0.1) is 18.6 Å². The first-order chi connectivity index (χ1) is 13.9. The van der Waals surface area contributed by atoms with Gasteiger partial charge in [0, 0.05) is 30.9 Å². The number of hydrogen-bond acceptors (Lipinski definition) is 7. The molecule has 0 bridgehead atoms. The second-order valence-corrected chi connectivity index (χ2v) is 7.66. The fourth-order valence-corrected chi connectivity index (χ4v) is 3.19. The zero-order valence-corrected chi connectivity index (χ0v) is 17.3. The summed E-state index contributed by atoms with van der Waals surface area (Å²) in [6.45, 7) is 5.58. The Morgan fingerprint density at radius 1 is 1.07 bits per heavy atom. The number of aromatic nitrogens is 3. The van der Waals surface area contributed by atoms with Crippen molar-refractivity contribution in [3.05, 3.63) is 53.7 Å². The van der Waals surface area contributed by atoms with E-state index in [1.807, 2.05) is 18.2 Å². The average Bonchev–Trinajstić information content (AvgIpc) is 2.69. The molecule has 3 aromatic rings. The quantitative estimate of drug-likeness (QED) is 0.355. The number of benzene rings is 1. The molecule has 6 N–H and O–H groups in total. The van der Waals surface area contributed by atoms with E-state index in [9.17, 15) is 4.55 Å². The molecule has 152 valence electrons. The molecule has 2 heterocycles. The monoisotopic (exact) mass is 411 g/mol. The van der Waals surface area contributed by atoms with Gasteiger partial charge in [0.2, 0.25) is 5.95 Å². The van der Waals surface area contributed by atoms with Gasteiger partial charge in [0.05, 0.1) is 21.6 Å². The number of nitrogens with zero attached hydrogens (tertiary/aromatic N) is 3. The van der Waals surface area contributed by atoms with E-state index >= 15 is 0 Å². The number of pyridine rings is 1. The highest BCUT2D eigenvalue weighted by atomic mass is 32.2. The summed E-state index contributed by atoms with van der Waals surface area (Å²) in [5.74, 6) is 1.65. The lowest BCUT2D eigenvalue weighted by Crippen LogP contribution is -2.11. The molecule has 0 fully saturated rings. The molecule has 1 unspecified atom stereocenters. The molecule has 8 nitrogen and oxygen atoms in total. The lowest BCUT2D eigenvalue weighted by Gasteiger charge is -2.11. The first kappa shape index (κ1) is 20.7. The summed E-state index contributed by atoms with van der Waals surface area (Å²) in [6, 6.07) is 11.5. The van der Waals surface area contributed by atoms with Crippen LogP contribution in [0.3, 0.4) is 0 Å². The van der Waals surface area contributed by atoms with Crippen molar-refractivity contribution in [1.82, 2.24) is 15.0 Å². The molecule has 3 rings (SSSR count). The Morgan fingerprint density at radius 2 is 1.83 bits per heavy atom. The summed E-state index contributed by atoms with van der Waals surface area (Å²) in [6.07, 6.45) is 2.35. The fraction of sp³-hybridized carbons (Fsp3) is 0.250. The van der Waals surface area contributed by atoms with Crippen LogP contribution in [0.15, 0.2) is 47.5 Å². The average molecular weight is 412 g/mol. The van der Waals surface area contributed by atoms with Crippen molar-refractivity contribution < 1.29 is 4.55 Å². The maximum atomic E-state index is 9.22. The maximum Gasteiger partial charge on any atom is 0.222 e. The Kier molecular flexibility index (Phi) is 6.73. The zero-order valence-electron chi connectivity index (χ0n) is 16.4. The van der Waals surface area contributed by atoms with E-state index in [0.717, 1.165) is 24.2 Å². The number of nitrogens with one attached hydrogen (secondary N) is 3. The van der Waals surface area contributed by atoms with Crippen LogP contribution in [0.5, 0.6) is 0 Å². The van der Waals surface area contributed by atoms with Crippen LogP contribution in [0.2, 0.25) is 0 Å². The van der Waals surface area contributed by atoms with Crippen molar-refractivity contribution >= 4 is 28.6 Å². The van der Waals surface area contributed by atoms with Gasteiger partial charge in [-0.2, -0.15) is 4.98 Å². The molecule has 0 aliphatic rings. The normalized spacial score (nSPS) is 11.8. The molecular formula is C20H25N7OS. The third kappa shape index (κ3) is 5.49. The van der Waals surface area contributed by atoms with E-state index in [1.54, 1.807) is 12.1 Å². The zero-order chi connectivity index (χ0) is 20.8. The minimum atomic E-state index is -1.51. The van der Waals surface area contributed by atoms with Crippen molar-refractivity contribution in [3.8, 4) is 11.3 Å². The predicted molar refractivity (Wildman–Crippen MR) is 118 cm³/mol. The molecule has 1 aromatic carbocycles. The van der Waals surface area contributed by atoms with Gasteiger partial charge in [0.1, 0.15) is 11.6 Å². The Morgan fingerprint density at radius 3 is 2.52 bits per heavy atom. The number of nitrogens with two attached hydrogens (primary N) is 1. The van der Waals surface area contributed by atoms with Crippen molar-refractivity contribution in [2.45, 2.75) is 25.2 Å². The summed E-state index contributed by atoms with van der Waals surface area (Å²) in [5, 5.41) is 6.50. The van der Waals surface area contributed by atoms with Crippen molar-refractivity contribution in [2.24, 2.45) is 0 Å². The van der Waals surface area contributed by atoms with E-state index < -0.39 is 11.0 Å². The molecule has 0 saturated carbocycles. The van der Waals surface area contributed by atoms with Crippen LogP contribution in [0.1, 0.15) is 17.5 Å². The largest absolute Gasteiger partial charge is 0.370 e. The van der Waals surface area contributed by atoms with E-state index in [2.05, 4.69) is 45.5 Å². The number of aryl methyl sites for hydroxylation is 1. The fourth-order valence-electron chi connectivity index (χ4n) is 2.84. The van der Waals surface area contributed by atoms with Crippen LogP contribution in [-0.2, 0) is 11.0 Å². The summed E-state index contributed by atoms with van der Waals surface area (Å²) in [7, 11) is -1.51. The Hall–Kier alpha value is -3.04. The second kappa shape index (κ2) is 9.44. The molecule has 0 spiro atoms. The molecule has 9 heteroatoms. The van der Waals surface area contributed by atoms with Gasteiger partial charge in [-0.3, -0.25) is 4.78 Å². The Bertz CT molecular complexity index is 1010. The first-order valence-electron chi connectivity index (χ1n) is 9.23. The summed E-state index contributed by atoms with van der Waals surface area (Å²) >= 11 is 0. The topological polar surface area (TPSA) is 133 Å². The SMILES string of the molecule is Cc1cccc(-c2cc(NCCCNc3ccc(S(=N)O)cn3)nc(N)n2)c1C. The molecule has 1 atom stereocenters. The molecule has 29 heavy (non-hydrogen) atoms. The van der Waals surface area contributed by atoms with Gasteiger partial charge in [-0.25, -0.2) is 9.97 Å². The van der Waals surface area contributed by atoms with Crippen LogP contribution in [0.4, 0.5) is 17.6 Å². The van der Waals surface area contributed by atoms with Crippen molar-refractivity contribution in [2.75, 3.05) is 29.5 Å². The minimum absolute atomic E-state index is 0.241. The van der Waals surface area contributed by atoms with Crippen LogP contribution in [-0.4, -0.2) is 32.6 Å². The van der Waals surface area contributed by atoms with Gasteiger partial charge in [0.15, 0.2) is 0 Å². The van der Waals surface area contributed by atoms with Crippen LogP contribution >= 0.6 is 0 Å². The Labute approximate surface area is 172 Å². The number of anilines is 3. The summed E-state index contributed by atoms with van der Waals surface area (Å²) in [4.78, 5) is 13.3. The lowest BCUT2D eigenvalue weighted by molar-refractivity contribution is 0.645. The molecule has 0 saturated heterocycles. The first-order valence-corrected chi connectivity index (χ1v) is 10.4. The lowest BCUT2D eigenvalue weighted by atomic mass is 10.0. The van der Waals surface area contributed by atoms with Gasteiger partial charge in [-0.05, 0) is 43.5 Å². The highest BCUT2D eigenvalue weighted by molar-refractivity contribution is 7.80. The molecule has 0 amide bonds. The van der Waals surface area contributed by atoms with Crippen LogP contribution < -0.4 is 16.4 Å². The van der Waals surface area contributed by atoms with Crippen molar-refractivity contribution in [1.29, 1.82) is 4.78 Å². The van der Waals surface area contributed by atoms with Crippen LogP contribution in [0.25, 0.3) is 11.3 Å². The highest BCUT2D eigenvalue weighted by Crippen LogP contribution is 2.26. The third-order valence-corrected chi connectivity index (χ3v) is 5.24. The van der Waals surface area contributed by atoms with E-state index in [4.69, 9.17) is 10.5 Å². The predicted octanol–water partition coefficient (Wildman–Crippen LogP) is 3.86. The molecule has 0 aliphatic carbocycles. The standard InChI is InChI=1S/C20H25N7OS/c1-13-5-3-6-16(14(13)2)17-11-19(27-20(21)26-17)24-10-4-9-23-18-8-7-15(12-25-18)29(22)28/h3,5-8,11-12H,4,9-10H2,1-2H3,(H2,22,28)(H,23,25)(H3,21,24,26,27). The minimum Gasteiger partial charge on any atom is -0.370 e. The highest BCUT2D eigenvalue weighted by Gasteiger charge is 2.08. The van der Waals surface area contributed by atoms with Gasteiger partial charge in [-0.15, -0.1) is 0 Å². The van der Waals surface area contributed by atoms with Gasteiger partial charge in [-0.1, -0.05) is 18.2 Å². The maximum absolute atomic E-state index is 9.22. The molecular weight excluding hydrogens is 386 g/mol. The Balaban J connectivity index is 1.55. The smallest absolute Gasteiger partial charge is 0.222 e. The van der Waals surface area contributed by atoms with E-state index in [0.29, 0.717) is 23.1 Å². The summed E-state index contributed by atoms with van der Waals surface area (Å²) in [5.41, 5.74) is 10.2. The number of nitrogen functional groups attached to an aromatic ring is 1. The van der Waals surface area contributed by atoms with Gasteiger partial charge < -0.3 is 20.9 Å². The van der Waals surface area contributed by atoms with E-state index in [1.165, 1.54) is 17.3 Å². The molecule has 0 radical (unpaired) electrons. The van der Waals surface area contributed by atoms with Crippen molar-refractivity contribution in [3.63, 3.8) is 0 Å². The van der Waals surface area contributed by atoms with Gasteiger partial charge >= 0.3 is 0 Å². The molecule has 0 aliphatic heterocycles. The number of hydrogen-bond donors (Lipinski definition) is 5. The van der Waals surface area contributed by atoms with Gasteiger partial charge in [0.25, 0.3) is 0 Å². The summed E-state index contributed by atoms with van der Waals surface area (Å²) < 4.78 is 16.5. The van der Waals surface area contributed by atoms with E-state index in [-0.39, 0.29) is 5.95 Å². The molecule has 2 aromatic heterocycles. The third-order valence-electron chi connectivity index (χ3n) is 4.55.